The van der Waals surface area contributed by atoms with Gasteiger partial charge in [-0.15, -0.1) is 0 Å². The second-order valence-corrected chi connectivity index (χ2v) is 2.69. The number of allylic oxidation sites excluding steroid dienone is 1. The summed E-state index contributed by atoms with van der Waals surface area (Å²) in [4.78, 5) is 14.0. The van der Waals surface area contributed by atoms with Crippen molar-refractivity contribution in [3.8, 4) is 0 Å². The first-order valence-corrected chi connectivity index (χ1v) is 3.87. The van der Waals surface area contributed by atoms with E-state index < -0.39 is 0 Å². The highest BCUT2D eigenvalue weighted by molar-refractivity contribution is 6.30. The van der Waals surface area contributed by atoms with E-state index in [1.807, 2.05) is 19.1 Å². The zero-order chi connectivity index (χ0) is 8.97. The maximum atomic E-state index is 10.0. The van der Waals surface area contributed by atoms with Gasteiger partial charge in [0.05, 0.1) is 0 Å². The number of rotatable bonds is 2. The van der Waals surface area contributed by atoms with Gasteiger partial charge < -0.3 is 0 Å². The third-order valence-electron chi connectivity index (χ3n) is 1.37. The van der Waals surface area contributed by atoms with Crippen LogP contribution in [0.5, 0.6) is 0 Å². The number of aromatic nitrogens is 1. The summed E-state index contributed by atoms with van der Waals surface area (Å²) in [7, 11) is 0. The molecule has 12 heavy (non-hydrogen) atoms. The summed E-state index contributed by atoms with van der Waals surface area (Å²) in [5.74, 6) is 0. The van der Waals surface area contributed by atoms with Crippen LogP contribution in [-0.4, -0.2) is 11.3 Å². The van der Waals surface area contributed by atoms with Crippen LogP contribution in [0.15, 0.2) is 18.2 Å². The zero-order valence-corrected chi connectivity index (χ0v) is 7.38. The van der Waals surface area contributed by atoms with Gasteiger partial charge in [-0.3, -0.25) is 4.79 Å². The van der Waals surface area contributed by atoms with E-state index in [-0.39, 0.29) is 0 Å². The molecule has 62 valence electrons. The molecule has 0 aliphatic rings. The normalized spacial score (nSPS) is 10.5. The molecule has 0 aliphatic heterocycles. The van der Waals surface area contributed by atoms with Crippen LogP contribution in [0.3, 0.4) is 0 Å². The van der Waals surface area contributed by atoms with Crippen molar-refractivity contribution in [1.29, 1.82) is 0 Å². The third kappa shape index (κ3) is 2.17. The fraction of sp³-hybridized carbons (Fsp3) is 0.111. The van der Waals surface area contributed by atoms with E-state index in [2.05, 4.69) is 4.98 Å². The first kappa shape index (κ1) is 8.94. The molecule has 0 atom stereocenters. The van der Waals surface area contributed by atoms with E-state index in [0.717, 1.165) is 11.3 Å². The molecule has 0 amide bonds. The summed E-state index contributed by atoms with van der Waals surface area (Å²) in [6.45, 7) is 1.86. The van der Waals surface area contributed by atoms with Crippen LogP contribution in [0.25, 0.3) is 6.08 Å². The largest absolute Gasteiger partial charge is 0.299 e. The Kier molecular flexibility index (Phi) is 3.00. The van der Waals surface area contributed by atoms with Crippen LogP contribution in [0.4, 0.5) is 0 Å². The van der Waals surface area contributed by atoms with Gasteiger partial charge in [-0.1, -0.05) is 17.7 Å². The van der Waals surface area contributed by atoms with E-state index in [1.165, 1.54) is 6.08 Å². The summed E-state index contributed by atoms with van der Waals surface area (Å²) in [5, 5.41) is 0.424. The summed E-state index contributed by atoms with van der Waals surface area (Å²) in [5.41, 5.74) is 1.62. The standard InChI is InChI=1S/C9H8ClNO/c1-7-4-5-8(3-2-6-12)9(10)11-7/h2-6H,1H3/b3-2+. The van der Waals surface area contributed by atoms with Crippen molar-refractivity contribution in [2.45, 2.75) is 6.92 Å². The Morgan fingerprint density at radius 3 is 2.83 bits per heavy atom. The minimum atomic E-state index is 0.424. The van der Waals surface area contributed by atoms with Gasteiger partial charge in [-0.05, 0) is 25.1 Å². The predicted molar refractivity (Wildman–Crippen MR) is 49.1 cm³/mol. The molecule has 0 bridgehead atoms. The molecule has 0 N–H and O–H groups in total. The molecular formula is C9H8ClNO. The Bertz CT molecular complexity index is 320. The lowest BCUT2D eigenvalue weighted by Crippen LogP contribution is -1.84. The van der Waals surface area contributed by atoms with E-state index in [0.29, 0.717) is 11.4 Å². The van der Waals surface area contributed by atoms with Crippen molar-refractivity contribution in [2.24, 2.45) is 0 Å². The van der Waals surface area contributed by atoms with Gasteiger partial charge in [-0.25, -0.2) is 4.98 Å². The molecular weight excluding hydrogens is 174 g/mol. The number of nitrogens with zero attached hydrogens (tertiary/aromatic N) is 1. The number of aldehydes is 1. The number of halogens is 1. The lowest BCUT2D eigenvalue weighted by Gasteiger charge is -1.97. The molecule has 0 aliphatic carbocycles. The Labute approximate surface area is 75.9 Å². The molecule has 0 spiro atoms. The molecule has 0 unspecified atom stereocenters. The van der Waals surface area contributed by atoms with E-state index >= 15 is 0 Å². The van der Waals surface area contributed by atoms with E-state index in [1.54, 1.807) is 6.08 Å². The first-order valence-electron chi connectivity index (χ1n) is 3.49. The third-order valence-corrected chi connectivity index (χ3v) is 1.67. The van der Waals surface area contributed by atoms with Gasteiger partial charge in [0.15, 0.2) is 0 Å². The fourth-order valence-corrected chi connectivity index (χ4v) is 1.06. The number of carbonyl (C=O) groups is 1. The Hall–Kier alpha value is -1.15. The molecule has 1 heterocycles. The average molecular weight is 182 g/mol. The van der Waals surface area contributed by atoms with Crippen LogP contribution in [0.2, 0.25) is 5.15 Å². The summed E-state index contributed by atoms with van der Waals surface area (Å²) in [6.07, 6.45) is 3.72. The second kappa shape index (κ2) is 4.02. The first-order chi connectivity index (χ1) is 5.74. The van der Waals surface area contributed by atoms with Crippen molar-refractivity contribution < 1.29 is 4.79 Å². The highest BCUT2D eigenvalue weighted by Gasteiger charge is 1.96. The summed E-state index contributed by atoms with van der Waals surface area (Å²) < 4.78 is 0. The van der Waals surface area contributed by atoms with Gasteiger partial charge in [0.1, 0.15) is 11.4 Å². The van der Waals surface area contributed by atoms with Gasteiger partial charge in [0.2, 0.25) is 0 Å². The van der Waals surface area contributed by atoms with Crippen LogP contribution in [0, 0.1) is 6.92 Å². The topological polar surface area (TPSA) is 30.0 Å². The second-order valence-electron chi connectivity index (χ2n) is 2.33. The lowest BCUT2D eigenvalue weighted by molar-refractivity contribution is -0.104. The minimum Gasteiger partial charge on any atom is -0.299 e. The Morgan fingerprint density at radius 2 is 2.25 bits per heavy atom. The molecule has 0 aromatic carbocycles. The average Bonchev–Trinajstić information content (AvgIpc) is 2.03. The van der Waals surface area contributed by atoms with E-state index in [9.17, 15) is 4.79 Å². The summed E-state index contributed by atoms with van der Waals surface area (Å²) >= 11 is 5.79. The molecule has 0 saturated carbocycles. The van der Waals surface area contributed by atoms with Crippen LogP contribution in [0.1, 0.15) is 11.3 Å². The molecule has 0 radical (unpaired) electrons. The van der Waals surface area contributed by atoms with Gasteiger partial charge in [-0.2, -0.15) is 0 Å². The molecule has 2 nitrogen and oxygen atoms in total. The minimum absolute atomic E-state index is 0.424. The highest BCUT2D eigenvalue weighted by atomic mass is 35.5. The number of aryl methyl sites for hydroxylation is 1. The van der Waals surface area contributed by atoms with Crippen molar-refractivity contribution in [1.82, 2.24) is 4.98 Å². The molecule has 3 heteroatoms. The number of carbonyl (C=O) groups excluding carboxylic acids is 1. The smallest absolute Gasteiger partial charge is 0.142 e. The molecule has 0 fully saturated rings. The van der Waals surface area contributed by atoms with Crippen molar-refractivity contribution in [3.63, 3.8) is 0 Å². The monoisotopic (exact) mass is 181 g/mol. The van der Waals surface area contributed by atoms with Gasteiger partial charge in [0.25, 0.3) is 0 Å². The van der Waals surface area contributed by atoms with Crippen molar-refractivity contribution in [3.05, 3.63) is 34.6 Å². The van der Waals surface area contributed by atoms with Crippen molar-refractivity contribution >= 4 is 24.0 Å². The lowest BCUT2D eigenvalue weighted by atomic mass is 10.2. The highest BCUT2D eigenvalue weighted by Crippen LogP contribution is 2.14. The fourth-order valence-electron chi connectivity index (χ4n) is 0.803. The Morgan fingerprint density at radius 1 is 1.50 bits per heavy atom. The van der Waals surface area contributed by atoms with Gasteiger partial charge in [0, 0.05) is 11.3 Å². The van der Waals surface area contributed by atoms with Crippen molar-refractivity contribution in [2.75, 3.05) is 0 Å². The predicted octanol–water partition coefficient (Wildman–Crippen LogP) is 2.26. The maximum Gasteiger partial charge on any atom is 0.142 e. The number of hydrogen-bond acceptors (Lipinski definition) is 2. The molecule has 1 aromatic rings. The quantitative estimate of drug-likeness (QED) is 0.398. The van der Waals surface area contributed by atoms with Crippen LogP contribution < -0.4 is 0 Å². The maximum absolute atomic E-state index is 10.0. The SMILES string of the molecule is Cc1ccc(/C=C/C=O)c(Cl)n1. The molecule has 0 saturated heterocycles. The number of pyridine rings is 1. The molecule has 1 rings (SSSR count). The van der Waals surface area contributed by atoms with Gasteiger partial charge >= 0.3 is 0 Å². The Balaban J connectivity index is 3.01. The van der Waals surface area contributed by atoms with E-state index in [4.69, 9.17) is 11.6 Å². The zero-order valence-electron chi connectivity index (χ0n) is 6.62. The van der Waals surface area contributed by atoms with Crippen LogP contribution in [-0.2, 0) is 4.79 Å². The summed E-state index contributed by atoms with van der Waals surface area (Å²) in [6, 6.07) is 3.67. The number of hydrogen-bond donors (Lipinski definition) is 0. The van der Waals surface area contributed by atoms with Crippen LogP contribution >= 0.6 is 11.6 Å². The molecule has 1 aromatic heterocycles.